The number of carboxylic acid groups (broad SMARTS) is 2. The number of carboxylic acids is 2. The molecular formula is C72H120N18O19. The first-order valence-electron chi connectivity index (χ1n) is 37.2. The number of carbonyl (C=O) groups is 16. The number of benzene rings is 1. The molecule has 0 fully saturated rings. The number of rotatable bonds is 54. The number of unbranched alkanes of at least 4 members (excludes halogenated alkanes) is 2. The van der Waals surface area contributed by atoms with E-state index >= 15 is 0 Å². The molecule has 0 bridgehead atoms. The van der Waals surface area contributed by atoms with Crippen molar-refractivity contribution in [3.63, 3.8) is 0 Å². The number of para-hydroxylation sites is 1. The summed E-state index contributed by atoms with van der Waals surface area (Å²) in [6.45, 7) is 16.0. The fraction of sp³-hybridized carbons (Fsp3) is 0.667. The van der Waals surface area contributed by atoms with Crippen molar-refractivity contribution >= 4 is 106 Å². The third kappa shape index (κ3) is 36.3. The molecule has 0 saturated carbocycles. The van der Waals surface area contributed by atoms with Crippen LogP contribution in [0.2, 0.25) is 0 Å². The number of aliphatic hydroxyl groups excluding tert-OH is 1. The monoisotopic (exact) mass is 1540 g/mol. The lowest BCUT2D eigenvalue weighted by molar-refractivity contribution is -0.143. The summed E-state index contributed by atoms with van der Waals surface area (Å²) >= 11 is 0. The lowest BCUT2D eigenvalue weighted by Crippen LogP contribution is -2.61. The van der Waals surface area contributed by atoms with Crippen molar-refractivity contribution in [3.05, 3.63) is 36.0 Å². The number of aliphatic hydroxyl groups is 1. The highest BCUT2D eigenvalue weighted by atomic mass is 16.4. The zero-order chi connectivity index (χ0) is 82.4. The van der Waals surface area contributed by atoms with Gasteiger partial charge in [0.25, 0.3) is 0 Å². The Kier molecular flexibility index (Phi) is 43.0. The molecule has 2 aromatic rings. The maximum absolute atomic E-state index is 14.5. The van der Waals surface area contributed by atoms with Gasteiger partial charge in [0, 0.05) is 42.8 Å². The third-order valence-corrected chi connectivity index (χ3v) is 17.4. The molecule has 0 unspecified atom stereocenters. The van der Waals surface area contributed by atoms with Crippen molar-refractivity contribution < 1.29 is 92.0 Å². The molecule has 14 amide bonds. The van der Waals surface area contributed by atoms with Crippen molar-refractivity contribution in [2.75, 3.05) is 26.2 Å². The van der Waals surface area contributed by atoms with E-state index in [2.05, 4.69) is 68.8 Å². The minimum Gasteiger partial charge on any atom is -0.481 e. The van der Waals surface area contributed by atoms with Crippen molar-refractivity contribution in [3.8, 4) is 0 Å². The summed E-state index contributed by atoms with van der Waals surface area (Å²) < 4.78 is 0. The molecule has 109 heavy (non-hydrogen) atoms. The Morgan fingerprint density at radius 2 is 0.789 bits per heavy atom. The Balaban J connectivity index is 2.45. The molecule has 0 aliphatic rings. The van der Waals surface area contributed by atoms with Crippen LogP contribution in [-0.4, -0.2) is 214 Å². The van der Waals surface area contributed by atoms with E-state index in [0.29, 0.717) is 44.2 Å². The van der Waals surface area contributed by atoms with Crippen molar-refractivity contribution in [1.29, 1.82) is 0 Å². The van der Waals surface area contributed by atoms with Gasteiger partial charge in [-0.2, -0.15) is 0 Å². The second-order valence-corrected chi connectivity index (χ2v) is 29.3. The molecule has 0 spiro atoms. The SMILES string of the molecule is CC(C)C[C@H](NC(=O)CNC(=O)[C@H](Cc1c[nH]c2ccccc12)NC(=O)[C@H](CC(C)C)NC(=O)[C@@H](N)CCCCN)C(=O)N[C@@H](CCCCN)C(=O)N[C@H](C(=O)N[C@@H](CC(C)C)C(=O)N[C@@H](CCC(N)=O)C(=O)N[C@@H](CCC(=O)O)C(=O)N[C@@H](CC(C)C)C(=O)N[C@@H](CO)C(=O)N[C@@H](CCC(N)=O)C(=O)O)C(C)C. The van der Waals surface area contributed by atoms with E-state index < -0.39 is 225 Å². The predicted octanol–water partition coefficient (Wildman–Crippen LogP) is -2.94. The summed E-state index contributed by atoms with van der Waals surface area (Å²) in [6.07, 6.45) is 0.545. The number of nitrogens with two attached hydrogens (primary N) is 5. The number of H-pyrrole nitrogens is 1. The lowest BCUT2D eigenvalue weighted by atomic mass is 9.98. The maximum atomic E-state index is 14.5. The van der Waals surface area contributed by atoms with Gasteiger partial charge in [0.05, 0.1) is 19.2 Å². The summed E-state index contributed by atoms with van der Waals surface area (Å²) in [5.74, 6) is -17.5. The first-order chi connectivity index (χ1) is 51.2. The molecule has 37 nitrogen and oxygen atoms in total. The molecule has 612 valence electrons. The van der Waals surface area contributed by atoms with Gasteiger partial charge in [-0.15, -0.1) is 0 Å². The van der Waals surface area contributed by atoms with E-state index in [0.717, 1.165) is 10.9 Å². The number of fused-ring (bicyclic) bond motifs is 1. The summed E-state index contributed by atoms with van der Waals surface area (Å²) in [7, 11) is 0. The zero-order valence-electron chi connectivity index (χ0n) is 64.3. The quantitative estimate of drug-likeness (QED) is 0.0295. The number of nitrogens with one attached hydrogen (secondary N) is 13. The molecule has 1 aromatic heterocycles. The second kappa shape index (κ2) is 49.2. The smallest absolute Gasteiger partial charge is 0.326 e. The number of aromatic nitrogens is 1. The number of hydrogen-bond donors (Lipinski definition) is 21. The third-order valence-electron chi connectivity index (χ3n) is 17.4. The Bertz CT molecular complexity index is 3380. The average molecular weight is 1540 g/mol. The van der Waals surface area contributed by atoms with Crippen molar-refractivity contribution in [2.45, 2.75) is 251 Å². The van der Waals surface area contributed by atoms with Gasteiger partial charge in [-0.3, -0.25) is 71.9 Å². The first kappa shape index (κ1) is 95.2. The molecule has 26 N–H and O–H groups in total. The number of primary amides is 2. The van der Waals surface area contributed by atoms with Crippen LogP contribution in [0.15, 0.2) is 30.5 Å². The Morgan fingerprint density at radius 3 is 1.24 bits per heavy atom. The molecule has 2 rings (SSSR count). The molecule has 12 atom stereocenters. The van der Waals surface area contributed by atoms with Crippen LogP contribution in [0.25, 0.3) is 10.9 Å². The molecule has 0 radical (unpaired) electrons. The highest BCUT2D eigenvalue weighted by Gasteiger charge is 2.38. The van der Waals surface area contributed by atoms with Gasteiger partial charge in [0.2, 0.25) is 82.7 Å². The van der Waals surface area contributed by atoms with Gasteiger partial charge in [0.1, 0.15) is 66.5 Å². The minimum absolute atomic E-state index is 0.0159. The largest absolute Gasteiger partial charge is 0.481 e. The van der Waals surface area contributed by atoms with Gasteiger partial charge in [0.15, 0.2) is 0 Å². The topological polar surface area (TPSA) is 624 Å². The molecule has 1 aromatic carbocycles. The lowest BCUT2D eigenvalue weighted by Gasteiger charge is -2.30. The number of aromatic amines is 1. The Morgan fingerprint density at radius 1 is 0.413 bits per heavy atom. The van der Waals surface area contributed by atoms with Crippen LogP contribution in [0.5, 0.6) is 0 Å². The number of amides is 14. The van der Waals surface area contributed by atoms with E-state index in [-0.39, 0.29) is 68.7 Å². The summed E-state index contributed by atoms with van der Waals surface area (Å²) in [4.78, 5) is 219. The van der Waals surface area contributed by atoms with Gasteiger partial charge < -0.3 is 113 Å². The minimum atomic E-state index is -1.80. The highest BCUT2D eigenvalue weighted by Crippen LogP contribution is 2.21. The fourth-order valence-electron chi connectivity index (χ4n) is 11.5. The van der Waals surface area contributed by atoms with E-state index in [1.54, 1.807) is 67.7 Å². The summed E-state index contributed by atoms with van der Waals surface area (Å²) in [5, 5.41) is 60.5. The van der Waals surface area contributed by atoms with Crippen LogP contribution in [0.3, 0.4) is 0 Å². The zero-order valence-corrected chi connectivity index (χ0v) is 64.3. The molecule has 1 heterocycles. The number of carbonyl (C=O) groups excluding carboxylic acids is 14. The molecule has 37 heteroatoms. The standard InChI is InChI=1S/C72H120N18O19/c1-37(2)29-50(80-58(94)35-79-62(98)54(33-42-34-78-45-19-12-11-17-43(42)45)87-68(104)51(30-38(3)4)85-61(97)44(75)18-13-15-27-73)66(102)81-46(20-14-16-28-74)65(101)90-60(41(9)10)71(107)88-53(32-40(7)8)67(103)83-47(21-24-56(76)92)63(99)82-48(23-26-59(95)96)64(100)86-52(31-39(5)6)69(105)89-55(36-91)70(106)84-49(72(108)109)22-25-57(77)93/h11-12,17,19,34,37-41,44,46-55,60,78,91H,13-16,18,20-33,35-36,73-75H2,1-10H3,(H2,76,92)(H2,77,93)(H,79,98)(H,80,94)(H,81,102)(H,82,99)(H,83,103)(H,84,106)(H,85,97)(H,86,100)(H,87,104)(H,88,107)(H,89,105)(H,90,101)(H,95,96)(H,108,109)/t44-,46-,47-,48-,49-,50-,51-,52-,53-,54-,55-,60-/m0/s1. The molecular weight excluding hydrogens is 1420 g/mol. The van der Waals surface area contributed by atoms with Crippen LogP contribution in [-0.2, 0) is 83.1 Å². The van der Waals surface area contributed by atoms with E-state index in [1.807, 2.05) is 32.0 Å². The normalized spacial score (nSPS) is 14.7. The summed E-state index contributed by atoms with van der Waals surface area (Å²) in [5.41, 5.74) is 29.6. The van der Waals surface area contributed by atoms with Gasteiger partial charge >= 0.3 is 11.9 Å². The Labute approximate surface area is 635 Å². The highest BCUT2D eigenvalue weighted by molar-refractivity contribution is 6.00. The molecule has 0 aliphatic carbocycles. The van der Waals surface area contributed by atoms with Crippen LogP contribution >= 0.6 is 0 Å². The maximum Gasteiger partial charge on any atom is 0.326 e. The Hall–Kier alpha value is -9.88. The van der Waals surface area contributed by atoms with E-state index in [4.69, 9.17) is 28.7 Å². The number of aliphatic carboxylic acids is 2. The second-order valence-electron chi connectivity index (χ2n) is 29.3. The van der Waals surface area contributed by atoms with Crippen LogP contribution in [0.1, 0.15) is 178 Å². The van der Waals surface area contributed by atoms with Crippen LogP contribution < -0.4 is 92.5 Å². The van der Waals surface area contributed by atoms with Gasteiger partial charge in [-0.1, -0.05) is 93.9 Å². The predicted molar refractivity (Wildman–Crippen MR) is 401 cm³/mol. The molecule has 0 saturated heterocycles. The summed E-state index contributed by atoms with van der Waals surface area (Å²) in [6, 6.07) is -10.1. The fourth-order valence-corrected chi connectivity index (χ4v) is 11.5. The van der Waals surface area contributed by atoms with Crippen molar-refractivity contribution in [1.82, 2.24) is 68.8 Å². The van der Waals surface area contributed by atoms with Gasteiger partial charge in [-0.05, 0) is 131 Å². The molecule has 0 aliphatic heterocycles. The van der Waals surface area contributed by atoms with Crippen LogP contribution in [0, 0.1) is 29.6 Å². The van der Waals surface area contributed by atoms with Crippen molar-refractivity contribution in [2.24, 2.45) is 58.3 Å². The average Bonchev–Trinajstić information content (AvgIpc) is 1.79. The van der Waals surface area contributed by atoms with Gasteiger partial charge in [-0.25, -0.2) is 4.79 Å². The van der Waals surface area contributed by atoms with E-state index in [1.165, 1.54) is 0 Å². The van der Waals surface area contributed by atoms with E-state index in [9.17, 15) is 92.0 Å². The first-order valence-corrected chi connectivity index (χ1v) is 37.2. The van der Waals surface area contributed by atoms with Crippen LogP contribution in [0.4, 0.5) is 0 Å². The number of hydrogen-bond acceptors (Lipinski definition) is 20.